The van der Waals surface area contributed by atoms with E-state index in [4.69, 9.17) is 14.6 Å². The predicted molar refractivity (Wildman–Crippen MR) is 83.2 cm³/mol. The van der Waals surface area contributed by atoms with Crippen LogP contribution in [0, 0.1) is 0 Å². The zero-order chi connectivity index (χ0) is 16.8. The van der Waals surface area contributed by atoms with Crippen molar-refractivity contribution in [3.05, 3.63) is 35.4 Å². The van der Waals surface area contributed by atoms with Crippen molar-refractivity contribution in [2.24, 2.45) is 0 Å². The van der Waals surface area contributed by atoms with Gasteiger partial charge in [-0.05, 0) is 32.9 Å². The highest BCUT2D eigenvalue weighted by Crippen LogP contribution is 2.21. The average molecular weight is 307 g/mol. The number of nitrogens with one attached hydrogen (secondary N) is 1. The van der Waals surface area contributed by atoms with Crippen LogP contribution in [-0.2, 0) is 4.74 Å². The van der Waals surface area contributed by atoms with Gasteiger partial charge in [0.15, 0.2) is 0 Å². The summed E-state index contributed by atoms with van der Waals surface area (Å²) in [6.45, 7) is 5.66. The molecule has 0 bridgehead atoms. The summed E-state index contributed by atoms with van der Waals surface area (Å²) in [7, 11) is 1.47. The molecule has 0 aromatic heterocycles. The lowest BCUT2D eigenvalue weighted by Crippen LogP contribution is -2.32. The minimum atomic E-state index is -1.01. The molecule has 1 aromatic carbocycles. The van der Waals surface area contributed by atoms with E-state index < -0.39 is 17.7 Å². The molecule has 0 spiro atoms. The number of amides is 1. The maximum atomic E-state index is 11.5. The Labute approximate surface area is 129 Å². The van der Waals surface area contributed by atoms with Crippen LogP contribution in [0.25, 0.3) is 6.08 Å². The highest BCUT2D eigenvalue weighted by atomic mass is 16.6. The van der Waals surface area contributed by atoms with E-state index in [0.717, 1.165) is 5.56 Å². The number of carboxylic acids is 1. The molecule has 0 aliphatic heterocycles. The summed E-state index contributed by atoms with van der Waals surface area (Å²) in [6.07, 6.45) is 2.97. The molecule has 1 aromatic rings. The normalized spacial score (nSPS) is 11.3. The van der Waals surface area contributed by atoms with E-state index in [1.807, 2.05) is 0 Å². The lowest BCUT2D eigenvalue weighted by Gasteiger charge is -2.19. The number of ether oxygens (including phenoxy) is 2. The van der Waals surface area contributed by atoms with Crippen LogP contribution < -0.4 is 10.1 Å². The molecule has 0 saturated carbocycles. The Morgan fingerprint density at radius 1 is 1.32 bits per heavy atom. The SMILES string of the molecule is COc1cc(C(=O)O)ccc1C=CCNC(=O)OC(C)(C)C. The first-order valence-corrected chi connectivity index (χ1v) is 6.77. The monoisotopic (exact) mass is 307 g/mol. The predicted octanol–water partition coefficient (Wildman–Crippen LogP) is 2.93. The van der Waals surface area contributed by atoms with E-state index in [-0.39, 0.29) is 5.56 Å². The van der Waals surface area contributed by atoms with Gasteiger partial charge in [0, 0.05) is 12.1 Å². The van der Waals surface area contributed by atoms with Gasteiger partial charge in [0.25, 0.3) is 0 Å². The molecule has 1 rings (SSSR count). The Morgan fingerprint density at radius 3 is 2.55 bits per heavy atom. The van der Waals surface area contributed by atoms with Crippen LogP contribution in [-0.4, -0.2) is 36.4 Å². The molecule has 6 heteroatoms. The summed E-state index contributed by atoms with van der Waals surface area (Å²) in [5.74, 6) is -0.561. The number of methoxy groups -OCH3 is 1. The molecule has 0 atom stereocenters. The van der Waals surface area contributed by atoms with Crippen LogP contribution >= 0.6 is 0 Å². The number of alkyl carbamates (subject to hydrolysis) is 1. The van der Waals surface area contributed by atoms with Gasteiger partial charge in [-0.1, -0.05) is 18.2 Å². The first kappa shape index (κ1) is 17.6. The van der Waals surface area contributed by atoms with Crippen molar-refractivity contribution in [1.29, 1.82) is 0 Å². The largest absolute Gasteiger partial charge is 0.496 e. The van der Waals surface area contributed by atoms with E-state index in [2.05, 4.69) is 5.32 Å². The molecule has 120 valence electrons. The molecule has 0 unspecified atom stereocenters. The molecule has 0 radical (unpaired) electrons. The molecule has 6 nitrogen and oxygen atoms in total. The minimum Gasteiger partial charge on any atom is -0.496 e. The third kappa shape index (κ3) is 5.87. The lowest BCUT2D eigenvalue weighted by atomic mass is 10.1. The van der Waals surface area contributed by atoms with Crippen LogP contribution in [0.15, 0.2) is 24.3 Å². The van der Waals surface area contributed by atoms with Gasteiger partial charge in [0.05, 0.1) is 12.7 Å². The Kier molecular flexibility index (Phi) is 5.98. The summed E-state index contributed by atoms with van der Waals surface area (Å²) in [5, 5.41) is 11.5. The zero-order valence-corrected chi connectivity index (χ0v) is 13.2. The van der Waals surface area contributed by atoms with Gasteiger partial charge in [0.2, 0.25) is 0 Å². The van der Waals surface area contributed by atoms with Crippen LogP contribution in [0.1, 0.15) is 36.7 Å². The Hall–Kier alpha value is -2.50. The number of hydrogen-bond acceptors (Lipinski definition) is 4. The van der Waals surface area contributed by atoms with E-state index in [1.165, 1.54) is 19.2 Å². The third-order valence-electron chi connectivity index (χ3n) is 2.54. The van der Waals surface area contributed by atoms with Crippen molar-refractivity contribution >= 4 is 18.1 Å². The quantitative estimate of drug-likeness (QED) is 0.873. The number of aromatic carboxylic acids is 1. The van der Waals surface area contributed by atoms with Gasteiger partial charge in [-0.25, -0.2) is 9.59 Å². The topological polar surface area (TPSA) is 84.9 Å². The number of benzene rings is 1. The van der Waals surface area contributed by atoms with Crippen molar-refractivity contribution < 1.29 is 24.2 Å². The van der Waals surface area contributed by atoms with E-state index in [0.29, 0.717) is 12.3 Å². The fourth-order valence-electron chi connectivity index (χ4n) is 1.62. The minimum absolute atomic E-state index is 0.154. The number of hydrogen-bond donors (Lipinski definition) is 2. The second-order valence-corrected chi connectivity index (χ2v) is 5.55. The van der Waals surface area contributed by atoms with E-state index >= 15 is 0 Å². The average Bonchev–Trinajstić information content (AvgIpc) is 2.41. The summed E-state index contributed by atoms with van der Waals surface area (Å²) >= 11 is 0. The molecule has 0 aliphatic rings. The van der Waals surface area contributed by atoms with Crippen LogP contribution in [0.5, 0.6) is 5.75 Å². The van der Waals surface area contributed by atoms with E-state index in [1.54, 1.807) is 39.0 Å². The van der Waals surface area contributed by atoms with Gasteiger partial charge in [0.1, 0.15) is 11.4 Å². The smallest absolute Gasteiger partial charge is 0.407 e. The van der Waals surface area contributed by atoms with Gasteiger partial charge in [-0.2, -0.15) is 0 Å². The molecule has 0 aliphatic carbocycles. The van der Waals surface area contributed by atoms with Crippen molar-refractivity contribution in [2.45, 2.75) is 26.4 Å². The van der Waals surface area contributed by atoms with Crippen molar-refractivity contribution in [1.82, 2.24) is 5.32 Å². The van der Waals surface area contributed by atoms with Gasteiger partial charge in [-0.3, -0.25) is 0 Å². The molecular weight excluding hydrogens is 286 g/mol. The number of carbonyl (C=O) groups excluding carboxylic acids is 1. The summed E-state index contributed by atoms with van der Waals surface area (Å²) in [6, 6.07) is 4.58. The Morgan fingerprint density at radius 2 is 2.00 bits per heavy atom. The Balaban J connectivity index is 2.63. The van der Waals surface area contributed by atoms with Crippen molar-refractivity contribution in [3.63, 3.8) is 0 Å². The molecule has 22 heavy (non-hydrogen) atoms. The number of rotatable bonds is 5. The zero-order valence-electron chi connectivity index (χ0n) is 13.2. The van der Waals surface area contributed by atoms with E-state index in [9.17, 15) is 9.59 Å². The fraction of sp³-hybridized carbons (Fsp3) is 0.375. The van der Waals surface area contributed by atoms with Crippen LogP contribution in [0.2, 0.25) is 0 Å². The number of carboxylic acid groups (broad SMARTS) is 1. The van der Waals surface area contributed by atoms with Gasteiger partial charge in [-0.15, -0.1) is 0 Å². The second kappa shape index (κ2) is 7.49. The molecule has 0 fully saturated rings. The summed E-state index contributed by atoms with van der Waals surface area (Å²) in [5.41, 5.74) is 0.336. The number of carbonyl (C=O) groups is 2. The first-order chi connectivity index (χ1) is 10.2. The van der Waals surface area contributed by atoms with Gasteiger partial charge >= 0.3 is 12.1 Å². The van der Waals surface area contributed by atoms with Crippen LogP contribution in [0.3, 0.4) is 0 Å². The van der Waals surface area contributed by atoms with Crippen molar-refractivity contribution in [2.75, 3.05) is 13.7 Å². The maximum Gasteiger partial charge on any atom is 0.407 e. The van der Waals surface area contributed by atoms with Crippen LogP contribution in [0.4, 0.5) is 4.79 Å². The van der Waals surface area contributed by atoms with Gasteiger partial charge < -0.3 is 19.9 Å². The van der Waals surface area contributed by atoms with Crippen molar-refractivity contribution in [3.8, 4) is 5.75 Å². The molecule has 1 amide bonds. The standard InChI is InChI=1S/C16H21NO5/c1-16(2,3)22-15(20)17-9-5-6-11-7-8-12(14(18)19)10-13(11)21-4/h5-8,10H,9H2,1-4H3,(H,17,20)(H,18,19). The fourth-order valence-corrected chi connectivity index (χ4v) is 1.62. The highest BCUT2D eigenvalue weighted by molar-refractivity contribution is 5.88. The molecule has 0 saturated heterocycles. The molecular formula is C16H21NO5. The summed E-state index contributed by atoms with van der Waals surface area (Å²) < 4.78 is 10.3. The third-order valence-corrected chi connectivity index (χ3v) is 2.54. The second-order valence-electron chi connectivity index (χ2n) is 5.55. The summed E-state index contributed by atoms with van der Waals surface area (Å²) in [4.78, 5) is 22.4. The maximum absolute atomic E-state index is 11.5. The lowest BCUT2D eigenvalue weighted by molar-refractivity contribution is 0.0533. The first-order valence-electron chi connectivity index (χ1n) is 6.77. The highest BCUT2D eigenvalue weighted by Gasteiger charge is 2.15. The Bertz CT molecular complexity index is 572. The molecule has 0 heterocycles. The molecule has 2 N–H and O–H groups in total.